The lowest BCUT2D eigenvalue weighted by atomic mass is 10.1. The number of nitrogens with zero attached hydrogens (tertiary/aromatic N) is 1. The number of anilines is 1. The third-order valence-electron chi connectivity index (χ3n) is 1.95. The number of nitrogens with one attached hydrogen (secondary N) is 2. The minimum atomic E-state index is -0.165. The van der Waals surface area contributed by atoms with Gasteiger partial charge in [-0.2, -0.15) is 0 Å². The zero-order valence-electron chi connectivity index (χ0n) is 9.16. The fourth-order valence-electron chi connectivity index (χ4n) is 1.08. The van der Waals surface area contributed by atoms with Crippen molar-refractivity contribution in [3.8, 4) is 0 Å². The molecule has 0 atom stereocenters. The lowest BCUT2D eigenvalue weighted by Gasteiger charge is -2.08. The maximum atomic E-state index is 11.4. The molecular formula is C11H17N3O. The number of carbonyl (C=O) groups excluding carboxylic acids is 1. The summed E-state index contributed by atoms with van der Waals surface area (Å²) in [4.78, 5) is 15.2. The Morgan fingerprint density at radius 3 is 2.67 bits per heavy atom. The first-order valence-electron chi connectivity index (χ1n) is 5.13. The van der Waals surface area contributed by atoms with Crippen molar-refractivity contribution in [1.29, 1.82) is 0 Å². The van der Waals surface area contributed by atoms with Crippen molar-refractivity contribution < 1.29 is 4.79 Å². The van der Waals surface area contributed by atoms with Gasteiger partial charge in [-0.1, -0.05) is 13.8 Å². The second-order valence-electron chi connectivity index (χ2n) is 3.80. The summed E-state index contributed by atoms with van der Waals surface area (Å²) >= 11 is 0. The maximum Gasteiger partial charge on any atom is 0.319 e. The fraction of sp³-hybridized carbons (Fsp3) is 0.455. The van der Waals surface area contributed by atoms with Crippen LogP contribution in [0.1, 0.15) is 20.3 Å². The van der Waals surface area contributed by atoms with Gasteiger partial charge in [0, 0.05) is 24.6 Å². The molecule has 0 bridgehead atoms. The monoisotopic (exact) mass is 207 g/mol. The van der Waals surface area contributed by atoms with Crippen molar-refractivity contribution in [1.82, 2.24) is 10.3 Å². The van der Waals surface area contributed by atoms with E-state index in [1.165, 1.54) is 0 Å². The summed E-state index contributed by atoms with van der Waals surface area (Å²) < 4.78 is 0. The number of hydrogen-bond acceptors (Lipinski definition) is 2. The molecule has 1 rings (SSSR count). The van der Waals surface area contributed by atoms with E-state index in [-0.39, 0.29) is 6.03 Å². The van der Waals surface area contributed by atoms with Gasteiger partial charge in [-0.15, -0.1) is 0 Å². The molecule has 1 heterocycles. The lowest BCUT2D eigenvalue weighted by molar-refractivity contribution is 0.251. The maximum absolute atomic E-state index is 11.4. The minimum absolute atomic E-state index is 0.165. The van der Waals surface area contributed by atoms with Crippen LogP contribution in [-0.4, -0.2) is 17.6 Å². The first kappa shape index (κ1) is 11.5. The quantitative estimate of drug-likeness (QED) is 0.795. The van der Waals surface area contributed by atoms with Crippen LogP contribution in [0.5, 0.6) is 0 Å². The summed E-state index contributed by atoms with van der Waals surface area (Å²) in [5, 5.41) is 5.52. The fourth-order valence-corrected chi connectivity index (χ4v) is 1.08. The molecule has 0 spiro atoms. The highest BCUT2D eigenvalue weighted by molar-refractivity contribution is 5.88. The van der Waals surface area contributed by atoms with Crippen LogP contribution >= 0.6 is 0 Å². The Hall–Kier alpha value is -1.58. The van der Waals surface area contributed by atoms with Crippen LogP contribution in [0.2, 0.25) is 0 Å². The number of carbonyl (C=O) groups is 1. The first-order valence-corrected chi connectivity index (χ1v) is 5.13. The summed E-state index contributed by atoms with van der Waals surface area (Å²) in [5.41, 5.74) is 0.757. The molecule has 0 saturated carbocycles. The van der Waals surface area contributed by atoms with E-state index >= 15 is 0 Å². The summed E-state index contributed by atoms with van der Waals surface area (Å²) in [6.45, 7) is 4.96. The highest BCUT2D eigenvalue weighted by Gasteiger charge is 2.00. The first-order chi connectivity index (χ1) is 7.18. The van der Waals surface area contributed by atoms with E-state index in [9.17, 15) is 4.79 Å². The van der Waals surface area contributed by atoms with E-state index in [0.29, 0.717) is 12.5 Å². The van der Waals surface area contributed by atoms with Crippen molar-refractivity contribution in [3.63, 3.8) is 0 Å². The molecule has 0 saturated heterocycles. The predicted molar refractivity (Wildman–Crippen MR) is 60.7 cm³/mol. The van der Waals surface area contributed by atoms with E-state index in [1.807, 2.05) is 0 Å². The Balaban J connectivity index is 2.25. The van der Waals surface area contributed by atoms with E-state index in [2.05, 4.69) is 29.5 Å². The van der Waals surface area contributed by atoms with E-state index < -0.39 is 0 Å². The van der Waals surface area contributed by atoms with Gasteiger partial charge >= 0.3 is 6.03 Å². The lowest BCUT2D eigenvalue weighted by Crippen LogP contribution is -2.30. The molecule has 0 aliphatic heterocycles. The van der Waals surface area contributed by atoms with Crippen LogP contribution in [0.3, 0.4) is 0 Å². The molecule has 1 aromatic heterocycles. The van der Waals surface area contributed by atoms with Gasteiger partial charge in [-0.05, 0) is 24.5 Å². The SMILES string of the molecule is CC(C)CCNC(=O)Nc1ccncc1. The Bertz CT molecular complexity index is 298. The average Bonchev–Trinajstić information content (AvgIpc) is 2.18. The zero-order valence-corrected chi connectivity index (χ0v) is 9.16. The molecular weight excluding hydrogens is 190 g/mol. The van der Waals surface area contributed by atoms with E-state index in [4.69, 9.17) is 0 Å². The highest BCUT2D eigenvalue weighted by atomic mass is 16.2. The van der Waals surface area contributed by atoms with Gasteiger partial charge in [0.1, 0.15) is 0 Å². The largest absolute Gasteiger partial charge is 0.338 e. The Kier molecular flexibility index (Phi) is 4.60. The van der Waals surface area contributed by atoms with Gasteiger partial charge in [-0.3, -0.25) is 4.98 Å². The molecule has 0 aliphatic carbocycles. The van der Waals surface area contributed by atoms with Crippen LogP contribution in [0.4, 0.5) is 10.5 Å². The van der Waals surface area contributed by atoms with Crippen LogP contribution in [0, 0.1) is 5.92 Å². The smallest absolute Gasteiger partial charge is 0.319 e. The molecule has 15 heavy (non-hydrogen) atoms. The number of amides is 2. The van der Waals surface area contributed by atoms with Crippen molar-refractivity contribution in [2.45, 2.75) is 20.3 Å². The summed E-state index contributed by atoms with van der Waals surface area (Å²) in [7, 11) is 0. The molecule has 0 aromatic carbocycles. The standard InChI is InChI=1S/C11H17N3O/c1-9(2)3-8-13-11(15)14-10-4-6-12-7-5-10/h4-7,9H,3,8H2,1-2H3,(H2,12,13,14,15). The Morgan fingerprint density at radius 2 is 2.07 bits per heavy atom. The van der Waals surface area contributed by atoms with Crippen LogP contribution in [0.25, 0.3) is 0 Å². The van der Waals surface area contributed by atoms with Crippen LogP contribution in [0.15, 0.2) is 24.5 Å². The number of pyridine rings is 1. The van der Waals surface area contributed by atoms with Gasteiger partial charge in [0.15, 0.2) is 0 Å². The number of urea groups is 1. The van der Waals surface area contributed by atoms with Crippen molar-refractivity contribution in [3.05, 3.63) is 24.5 Å². The van der Waals surface area contributed by atoms with E-state index in [0.717, 1.165) is 12.1 Å². The summed E-state index contributed by atoms with van der Waals surface area (Å²) in [5.74, 6) is 0.603. The number of aromatic nitrogens is 1. The van der Waals surface area contributed by atoms with Gasteiger partial charge < -0.3 is 10.6 Å². The van der Waals surface area contributed by atoms with Gasteiger partial charge in [0.25, 0.3) is 0 Å². The van der Waals surface area contributed by atoms with Gasteiger partial charge in [0.2, 0.25) is 0 Å². The molecule has 4 nitrogen and oxygen atoms in total. The molecule has 82 valence electrons. The van der Waals surface area contributed by atoms with Gasteiger partial charge in [0.05, 0.1) is 0 Å². The molecule has 1 aromatic rings. The van der Waals surface area contributed by atoms with Crippen molar-refractivity contribution in [2.75, 3.05) is 11.9 Å². The Morgan fingerprint density at radius 1 is 1.40 bits per heavy atom. The highest BCUT2D eigenvalue weighted by Crippen LogP contribution is 2.02. The normalized spacial score (nSPS) is 10.1. The summed E-state index contributed by atoms with van der Waals surface area (Å²) in [6, 6.07) is 3.34. The third-order valence-corrected chi connectivity index (χ3v) is 1.95. The third kappa shape index (κ3) is 5.00. The number of rotatable bonds is 4. The molecule has 0 fully saturated rings. The molecule has 4 heteroatoms. The topological polar surface area (TPSA) is 54.0 Å². The minimum Gasteiger partial charge on any atom is -0.338 e. The van der Waals surface area contributed by atoms with E-state index in [1.54, 1.807) is 24.5 Å². The number of hydrogen-bond donors (Lipinski definition) is 2. The van der Waals surface area contributed by atoms with Gasteiger partial charge in [-0.25, -0.2) is 4.79 Å². The average molecular weight is 207 g/mol. The Labute approximate surface area is 90.1 Å². The summed E-state index contributed by atoms with van der Waals surface area (Å²) in [6.07, 6.45) is 4.28. The second kappa shape index (κ2) is 6.01. The molecule has 2 N–H and O–H groups in total. The van der Waals surface area contributed by atoms with Crippen LogP contribution in [-0.2, 0) is 0 Å². The molecule has 0 aliphatic rings. The molecule has 0 radical (unpaired) electrons. The van der Waals surface area contributed by atoms with Crippen LogP contribution < -0.4 is 10.6 Å². The van der Waals surface area contributed by atoms with Crippen molar-refractivity contribution >= 4 is 11.7 Å². The predicted octanol–water partition coefficient (Wildman–Crippen LogP) is 2.25. The molecule has 0 unspecified atom stereocenters. The molecule has 2 amide bonds. The second-order valence-corrected chi connectivity index (χ2v) is 3.80. The zero-order chi connectivity index (χ0) is 11.1. The van der Waals surface area contributed by atoms with Crippen molar-refractivity contribution in [2.24, 2.45) is 5.92 Å².